The van der Waals surface area contributed by atoms with E-state index in [9.17, 15) is 9.59 Å². The Morgan fingerprint density at radius 1 is 1.07 bits per heavy atom. The van der Waals surface area contributed by atoms with Gasteiger partial charge in [0.05, 0.1) is 0 Å². The highest BCUT2D eigenvalue weighted by Crippen LogP contribution is 2.19. The number of H-pyrrole nitrogens is 1. The van der Waals surface area contributed by atoms with Crippen molar-refractivity contribution in [1.29, 1.82) is 0 Å². The van der Waals surface area contributed by atoms with Gasteiger partial charge in [-0.2, -0.15) is 0 Å². The molecular formula is C22H25N5O2. The highest BCUT2D eigenvalue weighted by Gasteiger charge is 2.10. The molecule has 7 nitrogen and oxygen atoms in total. The number of rotatable bonds is 8. The average molecular weight is 391 g/mol. The summed E-state index contributed by atoms with van der Waals surface area (Å²) in [6, 6.07) is 12.5. The summed E-state index contributed by atoms with van der Waals surface area (Å²) in [6.45, 7) is 1.88. The molecule has 0 unspecified atom stereocenters. The molecule has 2 aromatic heterocycles. The van der Waals surface area contributed by atoms with Crippen molar-refractivity contribution in [3.63, 3.8) is 0 Å². The first-order valence-corrected chi connectivity index (χ1v) is 9.46. The van der Waals surface area contributed by atoms with Crippen LogP contribution < -0.4 is 16.2 Å². The molecular weight excluding hydrogens is 366 g/mol. The second kappa shape index (κ2) is 9.66. The third-order valence-corrected chi connectivity index (χ3v) is 4.42. The Labute approximate surface area is 169 Å². The summed E-state index contributed by atoms with van der Waals surface area (Å²) < 4.78 is 0. The van der Waals surface area contributed by atoms with Crippen LogP contribution in [0.2, 0.25) is 0 Å². The van der Waals surface area contributed by atoms with Crippen LogP contribution in [-0.4, -0.2) is 48.0 Å². The number of anilines is 2. The van der Waals surface area contributed by atoms with Gasteiger partial charge in [-0.05, 0) is 75.1 Å². The van der Waals surface area contributed by atoms with Crippen LogP contribution in [0.1, 0.15) is 16.8 Å². The first-order chi connectivity index (χ1) is 14.0. The third-order valence-electron chi connectivity index (χ3n) is 4.42. The van der Waals surface area contributed by atoms with E-state index in [4.69, 9.17) is 0 Å². The smallest absolute Gasteiger partial charge is 0.271 e. The summed E-state index contributed by atoms with van der Waals surface area (Å²) in [7, 11) is 4.09. The normalized spacial score (nSPS) is 10.7. The number of nitrogens with zero attached hydrogens (tertiary/aromatic N) is 2. The highest BCUT2D eigenvalue weighted by atomic mass is 16.2. The summed E-state index contributed by atoms with van der Waals surface area (Å²) >= 11 is 0. The molecule has 0 saturated carbocycles. The molecule has 29 heavy (non-hydrogen) atoms. The lowest BCUT2D eigenvalue weighted by atomic mass is 10.1. The minimum Gasteiger partial charge on any atom is -0.385 e. The van der Waals surface area contributed by atoms with Crippen molar-refractivity contribution in [2.24, 2.45) is 0 Å². The molecule has 150 valence electrons. The van der Waals surface area contributed by atoms with Gasteiger partial charge in [0.2, 0.25) is 0 Å². The number of aromatic nitrogens is 2. The van der Waals surface area contributed by atoms with Crippen molar-refractivity contribution >= 4 is 17.3 Å². The topological polar surface area (TPSA) is 90.1 Å². The molecule has 1 amide bonds. The Morgan fingerprint density at radius 3 is 2.48 bits per heavy atom. The number of aromatic amines is 1. The largest absolute Gasteiger partial charge is 0.385 e. The highest BCUT2D eigenvalue weighted by molar-refractivity contribution is 6.04. The fraction of sp³-hybridized carbons (Fsp3) is 0.227. The third kappa shape index (κ3) is 5.76. The predicted molar refractivity (Wildman–Crippen MR) is 116 cm³/mol. The van der Waals surface area contributed by atoms with Crippen LogP contribution in [0.25, 0.3) is 11.1 Å². The molecule has 0 saturated heterocycles. The van der Waals surface area contributed by atoms with Gasteiger partial charge < -0.3 is 20.5 Å². The lowest BCUT2D eigenvalue weighted by Gasteiger charge is -2.11. The summed E-state index contributed by atoms with van der Waals surface area (Å²) in [4.78, 5) is 33.5. The molecule has 3 N–H and O–H groups in total. The van der Waals surface area contributed by atoms with E-state index >= 15 is 0 Å². The Balaban J connectivity index is 1.65. The number of nitrogens with one attached hydrogen (secondary N) is 3. The first kappa shape index (κ1) is 20.3. The van der Waals surface area contributed by atoms with E-state index < -0.39 is 0 Å². The van der Waals surface area contributed by atoms with Gasteiger partial charge in [0.25, 0.3) is 11.5 Å². The van der Waals surface area contributed by atoms with Crippen molar-refractivity contribution in [1.82, 2.24) is 14.9 Å². The van der Waals surface area contributed by atoms with Gasteiger partial charge in [0.15, 0.2) is 0 Å². The molecule has 0 fully saturated rings. The molecule has 0 aliphatic carbocycles. The maximum Gasteiger partial charge on any atom is 0.271 e. The number of amides is 1. The fourth-order valence-corrected chi connectivity index (χ4v) is 2.85. The Kier molecular flexibility index (Phi) is 6.76. The Bertz CT molecular complexity index is 998. The zero-order valence-electron chi connectivity index (χ0n) is 16.6. The van der Waals surface area contributed by atoms with Crippen LogP contribution in [0.15, 0.2) is 65.8 Å². The van der Waals surface area contributed by atoms with Gasteiger partial charge in [0.1, 0.15) is 5.69 Å². The van der Waals surface area contributed by atoms with Gasteiger partial charge in [-0.3, -0.25) is 14.6 Å². The SMILES string of the molecule is CN(C)CCCNc1ccc(C(=O)Nc2cc(-c3ccncc3)c[nH]c2=O)cc1. The van der Waals surface area contributed by atoms with E-state index in [2.05, 4.69) is 25.5 Å². The van der Waals surface area contributed by atoms with Crippen LogP contribution in [-0.2, 0) is 0 Å². The Morgan fingerprint density at radius 2 is 1.79 bits per heavy atom. The molecule has 2 heterocycles. The van der Waals surface area contributed by atoms with Crippen LogP contribution in [0.4, 0.5) is 11.4 Å². The first-order valence-electron chi connectivity index (χ1n) is 9.46. The second-order valence-electron chi connectivity index (χ2n) is 6.98. The minimum absolute atomic E-state index is 0.204. The Hall–Kier alpha value is -3.45. The van der Waals surface area contributed by atoms with Crippen LogP contribution in [0.5, 0.6) is 0 Å². The van der Waals surface area contributed by atoms with E-state index in [1.807, 2.05) is 38.4 Å². The van der Waals surface area contributed by atoms with Gasteiger partial charge >= 0.3 is 0 Å². The zero-order chi connectivity index (χ0) is 20.6. The molecule has 7 heteroatoms. The van der Waals surface area contributed by atoms with E-state index in [1.54, 1.807) is 36.8 Å². The number of hydrogen-bond donors (Lipinski definition) is 3. The molecule has 0 bridgehead atoms. The van der Waals surface area contributed by atoms with Crippen LogP contribution >= 0.6 is 0 Å². The standard InChI is InChI=1S/C22H25N5O2/c1-27(2)13-3-10-24-19-6-4-17(5-7-19)21(28)26-20-14-18(15-25-22(20)29)16-8-11-23-12-9-16/h4-9,11-12,14-15,24H,3,10,13H2,1-2H3,(H,25,29)(H,26,28). The van der Waals surface area contributed by atoms with Crippen LogP contribution in [0.3, 0.4) is 0 Å². The summed E-state index contributed by atoms with van der Waals surface area (Å²) in [6.07, 6.45) is 6.00. The number of carbonyl (C=O) groups is 1. The quantitative estimate of drug-likeness (QED) is 0.514. The van der Waals surface area contributed by atoms with Crippen molar-refractivity contribution in [3.05, 3.63) is 77.0 Å². The zero-order valence-corrected chi connectivity index (χ0v) is 16.6. The monoisotopic (exact) mass is 391 g/mol. The molecule has 0 spiro atoms. The van der Waals surface area contributed by atoms with Crippen LogP contribution in [0, 0.1) is 0 Å². The fourth-order valence-electron chi connectivity index (χ4n) is 2.85. The molecule has 0 radical (unpaired) electrons. The minimum atomic E-state index is -0.352. The maximum absolute atomic E-state index is 12.6. The van der Waals surface area contributed by atoms with Gasteiger partial charge in [-0.1, -0.05) is 0 Å². The van der Waals surface area contributed by atoms with E-state index in [-0.39, 0.29) is 17.2 Å². The molecule has 1 aromatic carbocycles. The second-order valence-corrected chi connectivity index (χ2v) is 6.98. The van der Waals surface area contributed by atoms with Gasteiger partial charge in [-0.15, -0.1) is 0 Å². The van der Waals surface area contributed by atoms with Crippen molar-refractivity contribution in [3.8, 4) is 11.1 Å². The average Bonchev–Trinajstić information content (AvgIpc) is 2.73. The molecule has 0 aliphatic rings. The molecule has 3 rings (SSSR count). The van der Waals surface area contributed by atoms with Gasteiger partial charge in [0, 0.05) is 41.9 Å². The van der Waals surface area contributed by atoms with Crippen molar-refractivity contribution in [2.45, 2.75) is 6.42 Å². The number of hydrogen-bond acceptors (Lipinski definition) is 5. The maximum atomic E-state index is 12.6. The number of benzene rings is 1. The summed E-state index contributed by atoms with van der Waals surface area (Å²) in [5, 5.41) is 6.03. The van der Waals surface area contributed by atoms with E-state index in [0.29, 0.717) is 5.56 Å². The van der Waals surface area contributed by atoms with E-state index in [1.165, 1.54) is 0 Å². The van der Waals surface area contributed by atoms with E-state index in [0.717, 1.165) is 36.3 Å². The molecule has 0 atom stereocenters. The van der Waals surface area contributed by atoms with Crippen molar-refractivity contribution < 1.29 is 4.79 Å². The molecule has 0 aliphatic heterocycles. The number of carbonyl (C=O) groups excluding carboxylic acids is 1. The van der Waals surface area contributed by atoms with Crippen molar-refractivity contribution in [2.75, 3.05) is 37.8 Å². The lowest BCUT2D eigenvalue weighted by Crippen LogP contribution is -2.19. The summed E-state index contributed by atoms with van der Waals surface area (Å²) in [5.74, 6) is -0.332. The van der Waals surface area contributed by atoms with Gasteiger partial charge in [-0.25, -0.2) is 0 Å². The molecule has 3 aromatic rings. The predicted octanol–water partition coefficient (Wildman–Crippen LogP) is 3.05. The lowest BCUT2D eigenvalue weighted by molar-refractivity contribution is 0.102. The number of pyridine rings is 2. The summed E-state index contributed by atoms with van der Waals surface area (Å²) in [5.41, 5.74) is 2.98.